The van der Waals surface area contributed by atoms with Crippen molar-refractivity contribution in [3.05, 3.63) is 40.4 Å². The van der Waals surface area contributed by atoms with E-state index in [0.717, 1.165) is 14.0 Å². The molecular formula is C14H8BrF3N4OS. The highest BCUT2D eigenvalue weighted by molar-refractivity contribution is 9.11. The number of nitrogens with one attached hydrogen (secondary N) is 2. The summed E-state index contributed by atoms with van der Waals surface area (Å²) in [7, 11) is 0. The molecule has 0 atom stereocenters. The lowest BCUT2D eigenvalue weighted by Gasteiger charge is -2.10. The molecule has 0 fully saturated rings. The predicted molar refractivity (Wildman–Crippen MR) is 89.5 cm³/mol. The van der Waals surface area contributed by atoms with Gasteiger partial charge in [0.15, 0.2) is 5.82 Å². The molecule has 10 heteroatoms. The molecular weight excluding hydrogens is 409 g/mol. The summed E-state index contributed by atoms with van der Waals surface area (Å²) in [5.41, 5.74) is 1.25. The van der Waals surface area contributed by atoms with Gasteiger partial charge in [0.05, 0.1) is 14.0 Å². The molecule has 0 aliphatic rings. The van der Waals surface area contributed by atoms with Gasteiger partial charge in [0, 0.05) is 11.4 Å². The summed E-state index contributed by atoms with van der Waals surface area (Å²) < 4.78 is 38.6. The summed E-state index contributed by atoms with van der Waals surface area (Å²) in [6.45, 7) is 0. The molecule has 0 radical (unpaired) electrons. The van der Waals surface area contributed by atoms with Gasteiger partial charge in [0.1, 0.15) is 6.33 Å². The van der Waals surface area contributed by atoms with Crippen molar-refractivity contribution in [2.45, 2.75) is 6.18 Å². The average molecular weight is 417 g/mol. The Bertz CT molecular complexity index is 912. The Labute approximate surface area is 146 Å². The molecule has 0 unspecified atom stereocenters. The standard InChI is InChI=1S/C14H8BrF3N4OS/c15-10-5-9-11(24-10)12(20-6-19-9)21-7-2-1-3-8(4-7)22-13(23)14(16,17)18/h1-6H,(H,22,23)(H,19,20,21). The monoisotopic (exact) mass is 416 g/mol. The average Bonchev–Trinajstić information content (AvgIpc) is 2.88. The van der Waals surface area contributed by atoms with Gasteiger partial charge in [-0.3, -0.25) is 4.79 Å². The van der Waals surface area contributed by atoms with Gasteiger partial charge in [-0.05, 0) is 40.2 Å². The van der Waals surface area contributed by atoms with Crippen LogP contribution in [-0.4, -0.2) is 22.1 Å². The van der Waals surface area contributed by atoms with E-state index in [0.29, 0.717) is 11.5 Å². The third-order valence-electron chi connectivity index (χ3n) is 2.92. The van der Waals surface area contributed by atoms with E-state index in [2.05, 4.69) is 31.2 Å². The molecule has 1 amide bonds. The van der Waals surface area contributed by atoms with Crippen molar-refractivity contribution in [2.75, 3.05) is 10.6 Å². The SMILES string of the molecule is O=C(Nc1cccc(Nc2ncnc3cc(Br)sc23)c1)C(F)(F)F. The molecule has 0 saturated heterocycles. The Hall–Kier alpha value is -2.20. The molecule has 1 aromatic carbocycles. The maximum Gasteiger partial charge on any atom is 0.471 e. The summed E-state index contributed by atoms with van der Waals surface area (Å²) in [5, 5.41) is 4.83. The van der Waals surface area contributed by atoms with E-state index < -0.39 is 12.1 Å². The molecule has 24 heavy (non-hydrogen) atoms. The van der Waals surface area contributed by atoms with Crippen molar-refractivity contribution < 1.29 is 18.0 Å². The van der Waals surface area contributed by atoms with Gasteiger partial charge in [0.2, 0.25) is 0 Å². The van der Waals surface area contributed by atoms with Crippen molar-refractivity contribution in [3.63, 3.8) is 0 Å². The number of rotatable bonds is 3. The Morgan fingerprint density at radius 3 is 2.67 bits per heavy atom. The number of carbonyl (C=O) groups is 1. The maximum absolute atomic E-state index is 12.3. The maximum atomic E-state index is 12.3. The van der Waals surface area contributed by atoms with Crippen LogP contribution in [0, 0.1) is 0 Å². The highest BCUT2D eigenvalue weighted by Gasteiger charge is 2.38. The fraction of sp³-hybridized carbons (Fsp3) is 0.0714. The summed E-state index contributed by atoms with van der Waals surface area (Å²) in [5.74, 6) is -1.50. The number of hydrogen-bond acceptors (Lipinski definition) is 5. The number of amides is 1. The van der Waals surface area contributed by atoms with Crippen molar-refractivity contribution in [1.82, 2.24) is 9.97 Å². The van der Waals surface area contributed by atoms with E-state index >= 15 is 0 Å². The van der Waals surface area contributed by atoms with Gasteiger partial charge in [-0.25, -0.2) is 9.97 Å². The number of aromatic nitrogens is 2. The summed E-state index contributed by atoms with van der Waals surface area (Å²) >= 11 is 4.80. The molecule has 5 nitrogen and oxygen atoms in total. The minimum absolute atomic E-state index is 0.0278. The third kappa shape index (κ3) is 3.65. The van der Waals surface area contributed by atoms with E-state index in [1.807, 2.05) is 11.4 Å². The first-order chi connectivity index (χ1) is 11.3. The lowest BCUT2D eigenvalue weighted by molar-refractivity contribution is -0.167. The minimum Gasteiger partial charge on any atom is -0.339 e. The van der Waals surface area contributed by atoms with Gasteiger partial charge < -0.3 is 10.6 Å². The number of nitrogens with zero attached hydrogens (tertiary/aromatic N) is 2. The van der Waals surface area contributed by atoms with Crippen LogP contribution in [0.5, 0.6) is 0 Å². The van der Waals surface area contributed by atoms with Crippen LogP contribution < -0.4 is 10.6 Å². The van der Waals surface area contributed by atoms with Crippen molar-refractivity contribution in [2.24, 2.45) is 0 Å². The van der Waals surface area contributed by atoms with Crippen LogP contribution in [0.2, 0.25) is 0 Å². The number of carbonyl (C=O) groups excluding carboxylic acids is 1. The molecule has 2 heterocycles. The number of fused-ring (bicyclic) bond motifs is 1. The number of benzene rings is 1. The first kappa shape index (κ1) is 16.7. The highest BCUT2D eigenvalue weighted by atomic mass is 79.9. The predicted octanol–water partition coefficient (Wildman–Crippen LogP) is 4.70. The summed E-state index contributed by atoms with van der Waals surface area (Å²) in [6, 6.07) is 7.77. The molecule has 3 rings (SSSR count). The Morgan fingerprint density at radius 2 is 1.92 bits per heavy atom. The smallest absolute Gasteiger partial charge is 0.339 e. The second kappa shape index (κ2) is 6.36. The minimum atomic E-state index is -4.94. The van der Waals surface area contributed by atoms with Crippen molar-refractivity contribution in [1.29, 1.82) is 0 Å². The van der Waals surface area contributed by atoms with Crippen molar-refractivity contribution in [3.8, 4) is 0 Å². The molecule has 2 N–H and O–H groups in total. The van der Waals surface area contributed by atoms with Crippen LogP contribution >= 0.6 is 27.3 Å². The van der Waals surface area contributed by atoms with E-state index in [9.17, 15) is 18.0 Å². The van der Waals surface area contributed by atoms with Crippen LogP contribution in [0.15, 0.2) is 40.4 Å². The lowest BCUT2D eigenvalue weighted by atomic mass is 10.2. The van der Waals surface area contributed by atoms with Crippen LogP contribution in [0.4, 0.5) is 30.4 Å². The van der Waals surface area contributed by atoms with E-state index in [1.165, 1.54) is 35.9 Å². The normalized spacial score (nSPS) is 11.5. The van der Waals surface area contributed by atoms with Crippen molar-refractivity contribution >= 4 is 60.6 Å². The molecule has 2 aromatic heterocycles. The van der Waals surface area contributed by atoms with Gasteiger partial charge in [-0.1, -0.05) is 6.07 Å². The van der Waals surface area contributed by atoms with Crippen LogP contribution in [0.1, 0.15) is 0 Å². The lowest BCUT2D eigenvalue weighted by Crippen LogP contribution is -2.29. The topological polar surface area (TPSA) is 66.9 Å². The number of alkyl halides is 3. The Kier molecular flexibility index (Phi) is 4.41. The fourth-order valence-corrected chi connectivity index (χ4v) is 3.41. The zero-order chi connectivity index (χ0) is 17.3. The number of anilines is 3. The van der Waals surface area contributed by atoms with Gasteiger partial charge in [-0.2, -0.15) is 13.2 Å². The van der Waals surface area contributed by atoms with Crippen LogP contribution in [0.3, 0.4) is 0 Å². The molecule has 0 saturated carbocycles. The number of halogens is 4. The first-order valence-electron chi connectivity index (χ1n) is 6.48. The van der Waals surface area contributed by atoms with E-state index in [4.69, 9.17) is 0 Å². The second-order valence-electron chi connectivity index (χ2n) is 4.64. The number of thiophene rings is 1. The van der Waals surface area contributed by atoms with Gasteiger partial charge in [-0.15, -0.1) is 11.3 Å². The molecule has 0 aliphatic carbocycles. The van der Waals surface area contributed by atoms with Gasteiger partial charge >= 0.3 is 12.1 Å². The Morgan fingerprint density at radius 1 is 1.17 bits per heavy atom. The molecule has 0 bridgehead atoms. The molecule has 0 aliphatic heterocycles. The van der Waals surface area contributed by atoms with Crippen LogP contribution in [0.25, 0.3) is 10.2 Å². The zero-order valence-electron chi connectivity index (χ0n) is 11.7. The zero-order valence-corrected chi connectivity index (χ0v) is 14.1. The largest absolute Gasteiger partial charge is 0.471 e. The molecule has 3 aromatic rings. The second-order valence-corrected chi connectivity index (χ2v) is 7.08. The summed E-state index contributed by atoms with van der Waals surface area (Å²) in [4.78, 5) is 19.3. The third-order valence-corrected chi connectivity index (χ3v) is 4.56. The first-order valence-corrected chi connectivity index (χ1v) is 8.09. The van der Waals surface area contributed by atoms with Gasteiger partial charge in [0.25, 0.3) is 0 Å². The highest BCUT2D eigenvalue weighted by Crippen LogP contribution is 2.33. The quantitative estimate of drug-likeness (QED) is 0.649. The van der Waals surface area contributed by atoms with Crippen LogP contribution in [-0.2, 0) is 4.79 Å². The Balaban J connectivity index is 1.85. The van der Waals surface area contributed by atoms with E-state index in [1.54, 1.807) is 6.07 Å². The van der Waals surface area contributed by atoms with E-state index in [-0.39, 0.29) is 5.69 Å². The fourth-order valence-electron chi connectivity index (χ4n) is 1.93. The molecule has 0 spiro atoms. The molecule has 124 valence electrons. The number of hydrogen-bond donors (Lipinski definition) is 2. The summed E-state index contributed by atoms with van der Waals surface area (Å²) in [6.07, 6.45) is -3.55.